The monoisotopic (exact) mass is 221 g/mol. The normalized spacial score (nSPS) is 11.2. The van der Waals surface area contributed by atoms with E-state index >= 15 is 0 Å². The maximum atomic E-state index is 10.9. The van der Waals surface area contributed by atoms with E-state index in [1.165, 1.54) is 0 Å². The van der Waals surface area contributed by atoms with Crippen molar-refractivity contribution in [3.05, 3.63) is 35.0 Å². The van der Waals surface area contributed by atoms with E-state index in [1.54, 1.807) is 0 Å². The van der Waals surface area contributed by atoms with Crippen molar-refractivity contribution in [2.75, 3.05) is 0 Å². The molecule has 3 heteroatoms. The minimum atomic E-state index is 0.319. The van der Waals surface area contributed by atoms with Crippen LogP contribution in [0.15, 0.2) is 24.4 Å². The molecule has 78 valence electrons. The van der Waals surface area contributed by atoms with Crippen molar-refractivity contribution in [2.45, 2.75) is 19.9 Å². The van der Waals surface area contributed by atoms with Gasteiger partial charge in [0.25, 0.3) is 0 Å². The number of hydrogen-bond donors (Lipinski definition) is 0. The second kappa shape index (κ2) is 3.70. The van der Waals surface area contributed by atoms with Crippen molar-refractivity contribution in [3.63, 3.8) is 0 Å². The molecule has 0 saturated heterocycles. The molecule has 0 N–H and O–H groups in total. The molecule has 1 aromatic heterocycles. The van der Waals surface area contributed by atoms with Crippen LogP contribution in [-0.4, -0.2) is 10.9 Å². The Balaban J connectivity index is 2.87. The highest BCUT2D eigenvalue weighted by molar-refractivity contribution is 6.36. The molecule has 0 aliphatic carbocycles. The number of aldehydes is 1. The number of benzene rings is 1. The molecule has 0 spiro atoms. The molecular formula is C12H12ClNO. The lowest BCUT2D eigenvalue weighted by molar-refractivity contribution is 0.112. The summed E-state index contributed by atoms with van der Waals surface area (Å²) in [6.07, 6.45) is 2.71. The lowest BCUT2D eigenvalue weighted by Crippen LogP contribution is -1.97. The maximum Gasteiger partial charge on any atom is 0.152 e. The van der Waals surface area contributed by atoms with Crippen LogP contribution in [0.3, 0.4) is 0 Å². The van der Waals surface area contributed by atoms with Gasteiger partial charge in [-0.1, -0.05) is 17.7 Å². The summed E-state index contributed by atoms with van der Waals surface area (Å²) < 4.78 is 2.06. The largest absolute Gasteiger partial charge is 0.344 e. The molecule has 0 aliphatic rings. The van der Waals surface area contributed by atoms with Crippen molar-refractivity contribution in [1.82, 2.24) is 4.57 Å². The van der Waals surface area contributed by atoms with Gasteiger partial charge in [0.05, 0.1) is 10.5 Å². The van der Waals surface area contributed by atoms with E-state index in [9.17, 15) is 4.79 Å². The summed E-state index contributed by atoms with van der Waals surface area (Å²) in [5.41, 5.74) is 1.67. The Bertz CT molecular complexity index is 514. The minimum absolute atomic E-state index is 0.319. The number of carbonyl (C=O) groups is 1. The number of halogens is 1. The molecular weight excluding hydrogens is 210 g/mol. The van der Waals surface area contributed by atoms with Crippen molar-refractivity contribution in [3.8, 4) is 0 Å². The molecule has 2 rings (SSSR count). The molecule has 0 radical (unpaired) electrons. The van der Waals surface area contributed by atoms with Gasteiger partial charge < -0.3 is 4.57 Å². The molecule has 1 heterocycles. The van der Waals surface area contributed by atoms with Crippen molar-refractivity contribution in [1.29, 1.82) is 0 Å². The van der Waals surface area contributed by atoms with E-state index in [1.807, 2.05) is 24.4 Å². The number of aromatic nitrogens is 1. The summed E-state index contributed by atoms with van der Waals surface area (Å²) in [5, 5.41) is 1.48. The maximum absolute atomic E-state index is 10.9. The van der Waals surface area contributed by atoms with Crippen molar-refractivity contribution in [2.24, 2.45) is 0 Å². The van der Waals surface area contributed by atoms with Gasteiger partial charge in [0, 0.05) is 23.2 Å². The zero-order valence-electron chi connectivity index (χ0n) is 8.70. The third-order valence-electron chi connectivity index (χ3n) is 2.52. The van der Waals surface area contributed by atoms with Gasteiger partial charge in [-0.3, -0.25) is 4.79 Å². The standard InChI is InChI=1S/C12H12ClNO/c1-8(2)14-6-9(7-15)12-10(13)4-3-5-11(12)14/h3-8H,1-2H3. The predicted octanol–water partition coefficient (Wildman–Crippen LogP) is 3.69. The van der Waals surface area contributed by atoms with Gasteiger partial charge in [0.2, 0.25) is 0 Å². The molecule has 0 fully saturated rings. The second-order valence-corrected chi connectivity index (χ2v) is 4.24. The van der Waals surface area contributed by atoms with Crippen LogP contribution in [0.25, 0.3) is 10.9 Å². The molecule has 0 bridgehead atoms. The molecule has 2 aromatic rings. The zero-order chi connectivity index (χ0) is 11.0. The fraction of sp³-hybridized carbons (Fsp3) is 0.250. The average molecular weight is 222 g/mol. The topological polar surface area (TPSA) is 22.0 Å². The van der Waals surface area contributed by atoms with Crippen LogP contribution in [0.2, 0.25) is 5.02 Å². The number of nitrogens with zero attached hydrogens (tertiary/aromatic N) is 1. The Morgan fingerprint density at radius 2 is 2.13 bits per heavy atom. The summed E-state index contributed by atoms with van der Waals surface area (Å²) >= 11 is 6.09. The van der Waals surface area contributed by atoms with Gasteiger partial charge >= 0.3 is 0 Å². The molecule has 0 atom stereocenters. The van der Waals surface area contributed by atoms with E-state index in [-0.39, 0.29) is 0 Å². The number of fused-ring (bicyclic) bond motifs is 1. The summed E-state index contributed by atoms with van der Waals surface area (Å²) in [6, 6.07) is 6.01. The molecule has 0 unspecified atom stereocenters. The van der Waals surface area contributed by atoms with Gasteiger partial charge in [-0.2, -0.15) is 0 Å². The van der Waals surface area contributed by atoms with Crippen LogP contribution in [0.5, 0.6) is 0 Å². The quantitative estimate of drug-likeness (QED) is 0.709. The van der Waals surface area contributed by atoms with Crippen LogP contribution in [0.4, 0.5) is 0 Å². The number of carbonyl (C=O) groups excluding carboxylic acids is 1. The van der Waals surface area contributed by atoms with E-state index in [2.05, 4.69) is 18.4 Å². The third-order valence-corrected chi connectivity index (χ3v) is 2.83. The van der Waals surface area contributed by atoms with E-state index < -0.39 is 0 Å². The summed E-state index contributed by atoms with van der Waals surface area (Å²) in [4.78, 5) is 10.9. The van der Waals surface area contributed by atoms with Crippen LogP contribution >= 0.6 is 11.6 Å². The Labute approximate surface area is 93.5 Å². The Kier molecular flexibility index (Phi) is 2.53. The van der Waals surface area contributed by atoms with Gasteiger partial charge in [-0.15, -0.1) is 0 Å². The third kappa shape index (κ3) is 1.55. The van der Waals surface area contributed by atoms with Gasteiger partial charge in [0.1, 0.15) is 0 Å². The van der Waals surface area contributed by atoms with Crippen molar-refractivity contribution >= 4 is 28.8 Å². The van der Waals surface area contributed by atoms with E-state index in [0.717, 1.165) is 17.2 Å². The number of rotatable bonds is 2. The van der Waals surface area contributed by atoms with Gasteiger partial charge in [0.15, 0.2) is 6.29 Å². The molecule has 0 saturated carbocycles. The first-order valence-electron chi connectivity index (χ1n) is 4.89. The van der Waals surface area contributed by atoms with Crippen LogP contribution in [-0.2, 0) is 0 Å². The zero-order valence-corrected chi connectivity index (χ0v) is 9.45. The van der Waals surface area contributed by atoms with Crippen molar-refractivity contribution < 1.29 is 4.79 Å². The first-order chi connectivity index (χ1) is 7.15. The lowest BCUT2D eigenvalue weighted by Gasteiger charge is -2.08. The minimum Gasteiger partial charge on any atom is -0.344 e. The molecule has 0 aliphatic heterocycles. The van der Waals surface area contributed by atoms with Gasteiger partial charge in [-0.25, -0.2) is 0 Å². The molecule has 0 amide bonds. The highest BCUT2D eigenvalue weighted by Gasteiger charge is 2.12. The Hall–Kier alpha value is -1.28. The van der Waals surface area contributed by atoms with E-state index in [0.29, 0.717) is 16.6 Å². The second-order valence-electron chi connectivity index (χ2n) is 3.84. The smallest absolute Gasteiger partial charge is 0.152 e. The van der Waals surface area contributed by atoms with Gasteiger partial charge in [-0.05, 0) is 26.0 Å². The first kappa shape index (κ1) is 10.2. The van der Waals surface area contributed by atoms with E-state index in [4.69, 9.17) is 11.6 Å². The fourth-order valence-corrected chi connectivity index (χ4v) is 2.09. The fourth-order valence-electron chi connectivity index (χ4n) is 1.81. The predicted molar refractivity (Wildman–Crippen MR) is 62.7 cm³/mol. The summed E-state index contributed by atoms with van der Waals surface area (Å²) in [5.74, 6) is 0. The van der Waals surface area contributed by atoms with Crippen LogP contribution in [0.1, 0.15) is 30.2 Å². The van der Waals surface area contributed by atoms with Crippen LogP contribution < -0.4 is 0 Å². The van der Waals surface area contributed by atoms with Crippen LogP contribution in [0, 0.1) is 0 Å². The molecule has 15 heavy (non-hydrogen) atoms. The first-order valence-corrected chi connectivity index (χ1v) is 5.27. The SMILES string of the molecule is CC(C)n1cc(C=O)c2c(Cl)cccc21. The summed E-state index contributed by atoms with van der Waals surface area (Å²) in [7, 11) is 0. The number of hydrogen-bond acceptors (Lipinski definition) is 1. The summed E-state index contributed by atoms with van der Waals surface area (Å²) in [6.45, 7) is 4.16. The Morgan fingerprint density at radius 1 is 1.40 bits per heavy atom. The molecule has 2 nitrogen and oxygen atoms in total. The highest BCUT2D eigenvalue weighted by atomic mass is 35.5. The highest BCUT2D eigenvalue weighted by Crippen LogP contribution is 2.29. The average Bonchev–Trinajstić information content (AvgIpc) is 2.58. The Morgan fingerprint density at radius 3 is 2.73 bits per heavy atom. The molecule has 1 aromatic carbocycles. The lowest BCUT2D eigenvalue weighted by atomic mass is 10.2.